The van der Waals surface area contributed by atoms with Gasteiger partial charge in [-0.2, -0.15) is 0 Å². The zero-order valence-corrected chi connectivity index (χ0v) is 12.9. The Hall–Kier alpha value is -2.79. The van der Waals surface area contributed by atoms with E-state index in [1.54, 1.807) is 14.2 Å². The molecular weight excluding hydrogens is 294 g/mol. The van der Waals surface area contributed by atoms with Crippen molar-refractivity contribution >= 4 is 0 Å². The quantitative estimate of drug-likeness (QED) is 0.781. The maximum atomic E-state index is 9.78. The van der Waals surface area contributed by atoms with Crippen molar-refractivity contribution in [3.05, 3.63) is 54.1 Å². The van der Waals surface area contributed by atoms with E-state index in [4.69, 9.17) is 14.0 Å². The number of hydrogen-bond donors (Lipinski definition) is 1. The summed E-state index contributed by atoms with van der Waals surface area (Å²) in [6, 6.07) is 14.9. The summed E-state index contributed by atoms with van der Waals surface area (Å²) in [6.07, 6.45) is 0. The van der Waals surface area contributed by atoms with Gasteiger partial charge in [-0.3, -0.25) is 0 Å². The van der Waals surface area contributed by atoms with Gasteiger partial charge in [0.05, 0.1) is 26.4 Å². The Morgan fingerprint density at radius 3 is 2.35 bits per heavy atom. The third-order valence-corrected chi connectivity index (χ3v) is 3.64. The van der Waals surface area contributed by atoms with Gasteiger partial charge < -0.3 is 19.1 Å². The van der Waals surface area contributed by atoms with E-state index in [2.05, 4.69) is 5.16 Å². The SMILES string of the molecule is COc1ccc(-c2noc(-c3cccc(OC)c3)c2CO)cc1. The van der Waals surface area contributed by atoms with Crippen LogP contribution in [-0.4, -0.2) is 24.5 Å². The van der Waals surface area contributed by atoms with E-state index in [1.807, 2.05) is 48.5 Å². The Morgan fingerprint density at radius 1 is 0.957 bits per heavy atom. The molecule has 0 aliphatic carbocycles. The fraction of sp³-hybridized carbons (Fsp3) is 0.167. The Balaban J connectivity index is 2.05. The molecule has 3 aromatic rings. The number of aliphatic hydroxyl groups is 1. The number of nitrogens with zero attached hydrogens (tertiary/aromatic N) is 1. The van der Waals surface area contributed by atoms with Crippen LogP contribution in [0.3, 0.4) is 0 Å². The minimum atomic E-state index is -0.169. The lowest BCUT2D eigenvalue weighted by Crippen LogP contribution is -1.90. The van der Waals surface area contributed by atoms with Gasteiger partial charge in [-0.25, -0.2) is 0 Å². The lowest BCUT2D eigenvalue weighted by Gasteiger charge is -2.04. The van der Waals surface area contributed by atoms with E-state index >= 15 is 0 Å². The molecule has 0 bridgehead atoms. The van der Waals surface area contributed by atoms with E-state index in [-0.39, 0.29) is 6.61 Å². The highest BCUT2D eigenvalue weighted by atomic mass is 16.5. The molecule has 0 aliphatic rings. The monoisotopic (exact) mass is 311 g/mol. The highest BCUT2D eigenvalue weighted by Crippen LogP contribution is 2.34. The number of ether oxygens (including phenoxy) is 2. The van der Waals surface area contributed by atoms with Crippen LogP contribution in [0.25, 0.3) is 22.6 Å². The maximum Gasteiger partial charge on any atom is 0.173 e. The minimum absolute atomic E-state index is 0.169. The fourth-order valence-corrected chi connectivity index (χ4v) is 2.42. The lowest BCUT2D eigenvalue weighted by atomic mass is 10.0. The first-order chi connectivity index (χ1) is 11.3. The Kier molecular flexibility index (Phi) is 4.30. The van der Waals surface area contributed by atoms with Crippen LogP contribution in [-0.2, 0) is 6.61 Å². The molecule has 0 aliphatic heterocycles. The standard InChI is InChI=1S/C18H17NO4/c1-21-14-8-6-12(7-9-14)17-16(11-20)18(23-19-17)13-4-3-5-15(10-13)22-2/h3-10,20H,11H2,1-2H3. The molecule has 0 saturated heterocycles. The molecule has 0 spiro atoms. The van der Waals surface area contributed by atoms with Crippen molar-refractivity contribution in [1.82, 2.24) is 5.16 Å². The van der Waals surface area contributed by atoms with Crippen LogP contribution in [0.5, 0.6) is 11.5 Å². The van der Waals surface area contributed by atoms with Gasteiger partial charge >= 0.3 is 0 Å². The average molecular weight is 311 g/mol. The molecule has 0 amide bonds. The molecule has 0 saturated carbocycles. The number of benzene rings is 2. The summed E-state index contributed by atoms with van der Waals surface area (Å²) in [5.41, 5.74) is 2.92. The smallest absolute Gasteiger partial charge is 0.173 e. The van der Waals surface area contributed by atoms with Gasteiger partial charge in [0.25, 0.3) is 0 Å². The second kappa shape index (κ2) is 6.54. The van der Waals surface area contributed by atoms with Crippen molar-refractivity contribution in [3.63, 3.8) is 0 Å². The Bertz CT molecular complexity index is 793. The molecule has 0 atom stereocenters. The van der Waals surface area contributed by atoms with Crippen molar-refractivity contribution in [2.45, 2.75) is 6.61 Å². The third kappa shape index (κ3) is 2.91. The molecule has 1 heterocycles. The number of methoxy groups -OCH3 is 2. The van der Waals surface area contributed by atoms with E-state index in [0.29, 0.717) is 22.8 Å². The van der Waals surface area contributed by atoms with E-state index in [1.165, 1.54) is 0 Å². The van der Waals surface area contributed by atoms with Crippen LogP contribution < -0.4 is 9.47 Å². The first kappa shape index (κ1) is 15.1. The summed E-state index contributed by atoms with van der Waals surface area (Å²) in [5, 5.41) is 13.9. The van der Waals surface area contributed by atoms with Crippen molar-refractivity contribution in [2.24, 2.45) is 0 Å². The third-order valence-electron chi connectivity index (χ3n) is 3.64. The molecule has 0 fully saturated rings. The molecule has 5 heteroatoms. The van der Waals surface area contributed by atoms with Crippen LogP contribution in [0, 0.1) is 0 Å². The molecular formula is C18H17NO4. The minimum Gasteiger partial charge on any atom is -0.497 e. The molecule has 0 unspecified atom stereocenters. The molecule has 3 rings (SSSR count). The molecule has 2 aromatic carbocycles. The first-order valence-electron chi connectivity index (χ1n) is 7.15. The summed E-state index contributed by atoms with van der Waals surface area (Å²) >= 11 is 0. The second-order valence-corrected chi connectivity index (χ2v) is 4.96. The Labute approximate surface area is 134 Å². The summed E-state index contributed by atoms with van der Waals surface area (Å²) in [5.74, 6) is 2.02. The van der Waals surface area contributed by atoms with Crippen molar-refractivity contribution < 1.29 is 19.1 Å². The highest BCUT2D eigenvalue weighted by Gasteiger charge is 2.18. The zero-order chi connectivity index (χ0) is 16.2. The van der Waals surface area contributed by atoms with Crippen molar-refractivity contribution in [2.75, 3.05) is 14.2 Å². The van der Waals surface area contributed by atoms with E-state index in [9.17, 15) is 5.11 Å². The van der Waals surface area contributed by atoms with Crippen molar-refractivity contribution in [1.29, 1.82) is 0 Å². The Morgan fingerprint density at radius 2 is 1.70 bits per heavy atom. The topological polar surface area (TPSA) is 64.7 Å². The van der Waals surface area contributed by atoms with Crippen LogP contribution in [0.1, 0.15) is 5.56 Å². The highest BCUT2D eigenvalue weighted by molar-refractivity contribution is 5.73. The van der Waals surface area contributed by atoms with Gasteiger partial charge in [-0.1, -0.05) is 17.3 Å². The second-order valence-electron chi connectivity index (χ2n) is 4.96. The van der Waals surface area contributed by atoms with Crippen LogP contribution >= 0.6 is 0 Å². The molecule has 118 valence electrons. The van der Waals surface area contributed by atoms with Gasteiger partial charge in [0, 0.05) is 11.1 Å². The van der Waals surface area contributed by atoms with Gasteiger partial charge in [-0.15, -0.1) is 0 Å². The maximum absolute atomic E-state index is 9.78. The summed E-state index contributed by atoms with van der Waals surface area (Å²) in [6.45, 7) is -0.169. The number of aromatic nitrogens is 1. The van der Waals surface area contributed by atoms with Crippen molar-refractivity contribution in [3.8, 4) is 34.1 Å². The van der Waals surface area contributed by atoms with Gasteiger partial charge in [0.15, 0.2) is 5.76 Å². The van der Waals surface area contributed by atoms with Crippen LogP contribution in [0.4, 0.5) is 0 Å². The normalized spacial score (nSPS) is 10.6. The number of hydrogen-bond acceptors (Lipinski definition) is 5. The summed E-state index contributed by atoms with van der Waals surface area (Å²) in [4.78, 5) is 0. The summed E-state index contributed by atoms with van der Waals surface area (Å²) in [7, 11) is 3.22. The molecule has 1 N–H and O–H groups in total. The van der Waals surface area contributed by atoms with Crippen LogP contribution in [0.2, 0.25) is 0 Å². The molecule has 1 aromatic heterocycles. The number of rotatable bonds is 5. The number of aliphatic hydroxyl groups excluding tert-OH is 1. The molecule has 0 radical (unpaired) electrons. The lowest BCUT2D eigenvalue weighted by molar-refractivity contribution is 0.281. The van der Waals surface area contributed by atoms with E-state index < -0.39 is 0 Å². The largest absolute Gasteiger partial charge is 0.497 e. The van der Waals surface area contributed by atoms with Crippen LogP contribution in [0.15, 0.2) is 53.1 Å². The first-order valence-corrected chi connectivity index (χ1v) is 7.15. The van der Waals surface area contributed by atoms with Gasteiger partial charge in [0.2, 0.25) is 0 Å². The van der Waals surface area contributed by atoms with Gasteiger partial charge in [-0.05, 0) is 36.4 Å². The summed E-state index contributed by atoms with van der Waals surface area (Å²) < 4.78 is 15.9. The van der Waals surface area contributed by atoms with E-state index in [0.717, 1.165) is 16.9 Å². The molecule has 5 nitrogen and oxygen atoms in total. The van der Waals surface area contributed by atoms with Gasteiger partial charge in [0.1, 0.15) is 17.2 Å². The zero-order valence-electron chi connectivity index (χ0n) is 12.9. The predicted octanol–water partition coefficient (Wildman–Crippen LogP) is 3.52. The molecule has 23 heavy (non-hydrogen) atoms. The fourth-order valence-electron chi connectivity index (χ4n) is 2.42. The predicted molar refractivity (Wildman–Crippen MR) is 86.4 cm³/mol. The average Bonchev–Trinajstić information content (AvgIpc) is 3.05.